The number of nitrogens with one attached hydrogen (secondary N) is 2. The van der Waals surface area contributed by atoms with E-state index in [9.17, 15) is 19.5 Å². The van der Waals surface area contributed by atoms with Crippen molar-refractivity contribution in [1.29, 1.82) is 0 Å². The van der Waals surface area contributed by atoms with Crippen molar-refractivity contribution in [2.75, 3.05) is 0 Å². The van der Waals surface area contributed by atoms with Gasteiger partial charge in [0, 0.05) is 24.2 Å². The number of carboxylic acids is 1. The van der Waals surface area contributed by atoms with Crippen LogP contribution in [0, 0.1) is 0 Å². The molecule has 3 N–H and O–H groups in total. The maximum absolute atomic E-state index is 12.2. The Kier molecular flexibility index (Phi) is 3.70. The molecule has 9 heteroatoms. The van der Waals surface area contributed by atoms with Crippen molar-refractivity contribution in [2.45, 2.75) is 18.3 Å². The summed E-state index contributed by atoms with van der Waals surface area (Å²) in [5, 5.41) is 13.7. The van der Waals surface area contributed by atoms with E-state index in [2.05, 4.69) is 20.1 Å². The van der Waals surface area contributed by atoms with Crippen molar-refractivity contribution in [2.24, 2.45) is 0 Å². The Hall–Kier alpha value is -4.01. The lowest BCUT2D eigenvalue weighted by Crippen LogP contribution is -2.23. The van der Waals surface area contributed by atoms with Crippen LogP contribution in [0.1, 0.15) is 39.7 Å². The van der Waals surface area contributed by atoms with Crippen LogP contribution in [0.2, 0.25) is 0 Å². The van der Waals surface area contributed by atoms with Crippen LogP contribution in [0.25, 0.3) is 16.9 Å². The van der Waals surface area contributed by atoms with E-state index in [0.717, 1.165) is 17.5 Å². The minimum atomic E-state index is -0.955. The second kappa shape index (κ2) is 6.26. The lowest BCUT2D eigenvalue weighted by Gasteiger charge is -2.07. The lowest BCUT2D eigenvalue weighted by atomic mass is 10.0. The fourth-order valence-corrected chi connectivity index (χ4v) is 3.76. The number of rotatable bonds is 4. The molecule has 5 rings (SSSR count). The van der Waals surface area contributed by atoms with E-state index in [-0.39, 0.29) is 23.0 Å². The van der Waals surface area contributed by atoms with Crippen molar-refractivity contribution in [1.82, 2.24) is 24.6 Å². The third-order valence-corrected chi connectivity index (χ3v) is 5.23. The number of benzene rings is 1. The van der Waals surface area contributed by atoms with Crippen LogP contribution in [-0.4, -0.2) is 35.6 Å². The fraction of sp³-hybridized carbons (Fsp3) is 0.150. The van der Waals surface area contributed by atoms with Gasteiger partial charge in [0.25, 0.3) is 5.56 Å². The number of aromatic nitrogens is 5. The summed E-state index contributed by atoms with van der Waals surface area (Å²) in [6.45, 7) is 0. The van der Waals surface area contributed by atoms with E-state index in [1.165, 1.54) is 6.20 Å². The summed E-state index contributed by atoms with van der Waals surface area (Å²) in [5.74, 6) is -0.658. The molecule has 0 unspecified atom stereocenters. The van der Waals surface area contributed by atoms with Gasteiger partial charge in [0.05, 0.1) is 16.8 Å². The monoisotopic (exact) mass is 389 g/mol. The van der Waals surface area contributed by atoms with Gasteiger partial charge in [-0.25, -0.2) is 19.1 Å². The number of H-pyrrole nitrogens is 2. The summed E-state index contributed by atoms with van der Waals surface area (Å²) in [7, 11) is 0. The van der Waals surface area contributed by atoms with Crippen LogP contribution >= 0.6 is 0 Å². The molecule has 1 aliphatic carbocycles. The molecule has 9 nitrogen and oxygen atoms in total. The number of aromatic carboxylic acids is 1. The summed E-state index contributed by atoms with van der Waals surface area (Å²) in [4.78, 5) is 43.8. The Labute approximate surface area is 162 Å². The van der Waals surface area contributed by atoms with Crippen molar-refractivity contribution in [3.05, 3.63) is 86.5 Å². The highest BCUT2D eigenvalue weighted by Gasteiger charge is 2.41. The summed E-state index contributed by atoms with van der Waals surface area (Å²) < 4.78 is 1.61. The van der Waals surface area contributed by atoms with E-state index < -0.39 is 17.2 Å². The van der Waals surface area contributed by atoms with Crippen LogP contribution in [0.5, 0.6) is 0 Å². The molecule has 1 fully saturated rings. The Bertz CT molecular complexity index is 1380. The van der Waals surface area contributed by atoms with Crippen molar-refractivity contribution in [3.8, 4) is 11.3 Å². The average Bonchev–Trinajstić information content (AvgIpc) is 3.36. The number of carbonyl (C=O) groups is 1. The van der Waals surface area contributed by atoms with Gasteiger partial charge in [-0.05, 0) is 42.0 Å². The molecule has 3 aromatic heterocycles. The molecule has 1 saturated carbocycles. The van der Waals surface area contributed by atoms with Gasteiger partial charge in [-0.2, -0.15) is 5.10 Å². The number of imidazole rings is 1. The van der Waals surface area contributed by atoms with E-state index in [0.29, 0.717) is 11.3 Å². The first-order chi connectivity index (χ1) is 14.0. The molecule has 144 valence electrons. The molecule has 0 saturated heterocycles. The predicted octanol–water partition coefficient (Wildman–Crippen LogP) is 1.74. The Morgan fingerprint density at radius 1 is 1.21 bits per heavy atom. The first-order valence-corrected chi connectivity index (χ1v) is 9.01. The van der Waals surface area contributed by atoms with Crippen molar-refractivity contribution in [3.63, 3.8) is 0 Å². The Morgan fingerprint density at radius 3 is 2.86 bits per heavy atom. The van der Waals surface area contributed by atoms with Crippen LogP contribution in [-0.2, 0) is 0 Å². The number of carboxylic acid groups (broad SMARTS) is 1. The van der Waals surface area contributed by atoms with Crippen LogP contribution in [0.3, 0.4) is 0 Å². The predicted molar refractivity (Wildman–Crippen MR) is 103 cm³/mol. The molecule has 1 aromatic carbocycles. The molecule has 29 heavy (non-hydrogen) atoms. The van der Waals surface area contributed by atoms with Gasteiger partial charge in [0.15, 0.2) is 5.65 Å². The highest BCUT2D eigenvalue weighted by molar-refractivity contribution is 5.87. The first-order valence-electron chi connectivity index (χ1n) is 9.01. The molecule has 1 aliphatic rings. The number of hydrogen-bond donors (Lipinski definition) is 3. The van der Waals surface area contributed by atoms with Gasteiger partial charge in [0.1, 0.15) is 0 Å². The van der Waals surface area contributed by atoms with Crippen LogP contribution < -0.4 is 11.2 Å². The zero-order valence-corrected chi connectivity index (χ0v) is 15.0. The summed E-state index contributed by atoms with van der Waals surface area (Å²) in [5.41, 5.74) is 2.41. The molecule has 2 atom stereocenters. The van der Waals surface area contributed by atoms with Gasteiger partial charge in [-0.1, -0.05) is 12.1 Å². The third-order valence-electron chi connectivity index (χ3n) is 5.23. The molecule has 0 amide bonds. The zero-order valence-electron chi connectivity index (χ0n) is 15.0. The van der Waals surface area contributed by atoms with Crippen LogP contribution in [0.4, 0.5) is 0 Å². The zero-order chi connectivity index (χ0) is 20.1. The minimum Gasteiger partial charge on any atom is -0.478 e. The van der Waals surface area contributed by atoms with E-state index in [4.69, 9.17) is 0 Å². The molecule has 0 spiro atoms. The number of hydrogen-bond acceptors (Lipinski definition) is 5. The fourth-order valence-electron chi connectivity index (χ4n) is 3.76. The standard InChI is InChI=1S/C20H15N5O4/c26-18-15(9-22-20(29)23-18)16-8-14(17-21-4-5-25(17)24-16)13-7-12(13)10-2-1-3-11(6-10)19(27)28/h1-6,8-9,12-13H,7H2,(H,27,28)(H2,22,23,26,29)/t12-,13+/m1/s1. The quantitative estimate of drug-likeness (QED) is 0.487. The molecule has 3 heterocycles. The van der Waals surface area contributed by atoms with Gasteiger partial charge in [0.2, 0.25) is 0 Å². The SMILES string of the molecule is O=C(O)c1cccc([C@H]2C[C@@H]2c2cc(-c3c[nH]c(=O)[nH]c3=O)nn3ccnc23)c1. The van der Waals surface area contributed by atoms with Crippen LogP contribution in [0.15, 0.2) is 58.5 Å². The molecule has 0 bridgehead atoms. The summed E-state index contributed by atoms with van der Waals surface area (Å²) in [6, 6.07) is 8.76. The topological polar surface area (TPSA) is 133 Å². The number of nitrogens with zero attached hydrogens (tertiary/aromatic N) is 3. The maximum Gasteiger partial charge on any atom is 0.335 e. The largest absolute Gasteiger partial charge is 0.478 e. The number of aromatic amines is 2. The van der Waals surface area contributed by atoms with E-state index >= 15 is 0 Å². The smallest absolute Gasteiger partial charge is 0.335 e. The van der Waals surface area contributed by atoms with Gasteiger partial charge in [-0.15, -0.1) is 0 Å². The summed E-state index contributed by atoms with van der Waals surface area (Å²) >= 11 is 0. The van der Waals surface area contributed by atoms with Gasteiger partial charge >= 0.3 is 11.7 Å². The first kappa shape index (κ1) is 17.1. The number of fused-ring (bicyclic) bond motifs is 1. The highest BCUT2D eigenvalue weighted by atomic mass is 16.4. The van der Waals surface area contributed by atoms with Gasteiger partial charge in [-0.3, -0.25) is 9.78 Å². The van der Waals surface area contributed by atoms with Crippen molar-refractivity contribution >= 4 is 11.6 Å². The lowest BCUT2D eigenvalue weighted by molar-refractivity contribution is 0.0696. The Balaban J connectivity index is 1.58. The minimum absolute atomic E-state index is 0.132. The summed E-state index contributed by atoms with van der Waals surface area (Å²) in [6.07, 6.45) is 5.52. The van der Waals surface area contributed by atoms with Gasteiger partial charge < -0.3 is 10.1 Å². The van der Waals surface area contributed by atoms with E-state index in [1.807, 2.05) is 12.1 Å². The molecular formula is C20H15N5O4. The Morgan fingerprint density at radius 2 is 2.07 bits per heavy atom. The second-order valence-corrected chi connectivity index (χ2v) is 7.05. The average molecular weight is 389 g/mol. The highest BCUT2D eigenvalue weighted by Crippen LogP contribution is 2.55. The van der Waals surface area contributed by atoms with Crippen molar-refractivity contribution < 1.29 is 9.90 Å². The van der Waals surface area contributed by atoms with E-state index in [1.54, 1.807) is 35.1 Å². The molecular weight excluding hydrogens is 374 g/mol. The molecule has 0 aliphatic heterocycles. The molecule has 0 radical (unpaired) electrons. The molecule has 4 aromatic rings. The third kappa shape index (κ3) is 2.92. The normalized spacial score (nSPS) is 18.1. The maximum atomic E-state index is 12.2. The second-order valence-electron chi connectivity index (χ2n) is 7.05.